The molecule has 1 saturated carbocycles. The third-order valence-corrected chi connectivity index (χ3v) is 5.24. The van der Waals surface area contributed by atoms with Crippen molar-refractivity contribution in [1.82, 2.24) is 4.90 Å². The molecule has 1 aromatic carbocycles. The molecular formula is C17H23FN2O2. The van der Waals surface area contributed by atoms with E-state index in [4.69, 9.17) is 5.73 Å². The quantitative estimate of drug-likeness (QED) is 0.897. The van der Waals surface area contributed by atoms with Crippen molar-refractivity contribution in [3.05, 3.63) is 35.6 Å². The van der Waals surface area contributed by atoms with Crippen molar-refractivity contribution in [1.29, 1.82) is 0 Å². The maximum Gasteiger partial charge on any atom is 0.231 e. The Labute approximate surface area is 130 Å². The molecule has 0 aromatic heterocycles. The van der Waals surface area contributed by atoms with Crippen LogP contribution in [-0.4, -0.2) is 34.6 Å². The van der Waals surface area contributed by atoms with Crippen molar-refractivity contribution in [2.75, 3.05) is 13.1 Å². The van der Waals surface area contributed by atoms with Crippen molar-refractivity contribution >= 4 is 5.91 Å². The third kappa shape index (κ3) is 2.88. The second kappa shape index (κ2) is 5.97. The number of carbonyl (C=O) groups is 1. The minimum atomic E-state index is -0.675. The van der Waals surface area contributed by atoms with Crippen LogP contribution in [-0.2, 0) is 4.79 Å². The van der Waals surface area contributed by atoms with E-state index in [0.29, 0.717) is 13.0 Å². The molecule has 22 heavy (non-hydrogen) atoms. The van der Waals surface area contributed by atoms with Gasteiger partial charge in [0.05, 0.1) is 12.1 Å². The minimum absolute atomic E-state index is 0.0693. The number of piperidine rings is 1. The Bertz CT molecular complexity index is 548. The lowest BCUT2D eigenvalue weighted by Crippen LogP contribution is -2.56. The zero-order chi connectivity index (χ0) is 15.7. The van der Waals surface area contributed by atoms with Gasteiger partial charge in [-0.1, -0.05) is 25.0 Å². The molecule has 0 radical (unpaired) electrons. The molecule has 5 heteroatoms. The molecule has 4 nitrogen and oxygen atoms in total. The molecule has 120 valence electrons. The topological polar surface area (TPSA) is 66.6 Å². The number of fused-ring (bicyclic) bond motifs is 1. The van der Waals surface area contributed by atoms with Crippen LogP contribution in [0.3, 0.4) is 0 Å². The van der Waals surface area contributed by atoms with Crippen LogP contribution in [0.1, 0.15) is 43.7 Å². The molecule has 1 aliphatic heterocycles. The Morgan fingerprint density at radius 1 is 1.32 bits per heavy atom. The number of nitrogens with two attached hydrogens (primary N) is 1. The van der Waals surface area contributed by atoms with E-state index in [1.807, 2.05) is 4.90 Å². The van der Waals surface area contributed by atoms with Gasteiger partial charge in [0.1, 0.15) is 5.82 Å². The van der Waals surface area contributed by atoms with Crippen molar-refractivity contribution in [2.24, 2.45) is 11.7 Å². The zero-order valence-corrected chi connectivity index (χ0v) is 12.7. The van der Waals surface area contributed by atoms with E-state index in [1.165, 1.54) is 12.1 Å². The van der Waals surface area contributed by atoms with E-state index in [9.17, 15) is 14.3 Å². The summed E-state index contributed by atoms with van der Waals surface area (Å²) in [5.74, 6) is -0.576. The number of carbonyl (C=O) groups excluding carboxylic acids is 1. The van der Waals surface area contributed by atoms with Gasteiger partial charge in [-0.25, -0.2) is 4.39 Å². The monoisotopic (exact) mass is 306 g/mol. The molecule has 0 spiro atoms. The van der Waals surface area contributed by atoms with Crippen molar-refractivity contribution < 1.29 is 14.3 Å². The highest BCUT2D eigenvalue weighted by Gasteiger charge is 2.48. The molecule has 2 aliphatic rings. The maximum absolute atomic E-state index is 13.2. The second-order valence-electron chi connectivity index (χ2n) is 6.64. The number of nitrogens with zero attached hydrogens (tertiary/aromatic N) is 1. The van der Waals surface area contributed by atoms with Gasteiger partial charge >= 0.3 is 0 Å². The largest absolute Gasteiger partial charge is 0.389 e. The van der Waals surface area contributed by atoms with Gasteiger partial charge in [0.25, 0.3) is 0 Å². The summed E-state index contributed by atoms with van der Waals surface area (Å²) in [6.07, 6.45) is 4.52. The van der Waals surface area contributed by atoms with Gasteiger partial charge < -0.3 is 10.8 Å². The zero-order valence-electron chi connectivity index (χ0n) is 12.7. The van der Waals surface area contributed by atoms with Crippen molar-refractivity contribution in [3.8, 4) is 0 Å². The lowest BCUT2D eigenvalue weighted by atomic mass is 9.66. The van der Waals surface area contributed by atoms with Gasteiger partial charge in [0, 0.05) is 18.5 Å². The number of benzene rings is 1. The van der Waals surface area contributed by atoms with Crippen LogP contribution >= 0.6 is 0 Å². The number of amides is 1. The average Bonchev–Trinajstić information content (AvgIpc) is 2.48. The Kier molecular flexibility index (Phi) is 4.19. The lowest BCUT2D eigenvalue weighted by molar-refractivity contribution is -0.136. The molecule has 3 rings (SSSR count). The van der Waals surface area contributed by atoms with Gasteiger partial charge in [0.2, 0.25) is 5.91 Å². The molecule has 0 unspecified atom stereocenters. The fraction of sp³-hybridized carbons (Fsp3) is 0.588. The number of hydrogen-bond acceptors (Lipinski definition) is 3. The van der Waals surface area contributed by atoms with Crippen LogP contribution in [0.2, 0.25) is 0 Å². The summed E-state index contributed by atoms with van der Waals surface area (Å²) >= 11 is 0. The Morgan fingerprint density at radius 2 is 2.05 bits per heavy atom. The maximum atomic E-state index is 13.2. The first-order valence-electron chi connectivity index (χ1n) is 8.00. The second-order valence-corrected chi connectivity index (χ2v) is 6.64. The number of aliphatic hydroxyl groups is 1. The van der Waals surface area contributed by atoms with E-state index < -0.39 is 5.60 Å². The smallest absolute Gasteiger partial charge is 0.231 e. The standard InChI is InChI=1S/C17H23FN2O2/c18-13-6-4-12(5-7-13)16-14-3-1-2-8-17(14,22)9-10-20(16)11-15(19)21/h4-7,14,16,22H,1-3,8-11H2,(H2,19,21)/t14-,16-,17-/m0/s1. The normalized spacial score (nSPS) is 32.5. The van der Waals surface area contributed by atoms with Crippen molar-refractivity contribution in [2.45, 2.75) is 43.7 Å². The summed E-state index contributed by atoms with van der Waals surface area (Å²) < 4.78 is 13.2. The molecule has 1 heterocycles. The molecular weight excluding hydrogens is 283 g/mol. The predicted molar refractivity (Wildman–Crippen MR) is 81.4 cm³/mol. The Balaban J connectivity index is 1.96. The number of primary amides is 1. The molecule has 1 aromatic rings. The highest BCUT2D eigenvalue weighted by Crippen LogP contribution is 2.49. The summed E-state index contributed by atoms with van der Waals surface area (Å²) in [6.45, 7) is 0.812. The first-order valence-corrected chi connectivity index (χ1v) is 8.00. The molecule has 1 saturated heterocycles. The van der Waals surface area contributed by atoms with Crippen LogP contribution in [0.4, 0.5) is 4.39 Å². The van der Waals surface area contributed by atoms with Crippen LogP contribution in [0.15, 0.2) is 24.3 Å². The highest BCUT2D eigenvalue weighted by molar-refractivity contribution is 5.76. The van der Waals surface area contributed by atoms with Crippen LogP contribution in [0, 0.1) is 11.7 Å². The van der Waals surface area contributed by atoms with Gasteiger partial charge in [0.15, 0.2) is 0 Å². The van der Waals surface area contributed by atoms with Crippen LogP contribution in [0.5, 0.6) is 0 Å². The number of rotatable bonds is 3. The molecule has 3 atom stereocenters. The summed E-state index contributed by atoms with van der Waals surface area (Å²) in [6, 6.07) is 6.32. The molecule has 2 fully saturated rings. The van der Waals surface area contributed by atoms with E-state index in [2.05, 4.69) is 0 Å². The summed E-state index contributed by atoms with van der Waals surface area (Å²) in [5.41, 5.74) is 5.66. The van der Waals surface area contributed by atoms with Crippen LogP contribution < -0.4 is 5.73 Å². The highest BCUT2D eigenvalue weighted by atomic mass is 19.1. The molecule has 1 amide bonds. The summed E-state index contributed by atoms with van der Waals surface area (Å²) in [7, 11) is 0. The van der Waals surface area contributed by atoms with E-state index in [1.54, 1.807) is 12.1 Å². The fourth-order valence-electron chi connectivity index (χ4n) is 4.22. The lowest BCUT2D eigenvalue weighted by Gasteiger charge is -2.52. The summed E-state index contributed by atoms with van der Waals surface area (Å²) in [5, 5.41) is 11.0. The van der Waals surface area contributed by atoms with Gasteiger partial charge in [-0.15, -0.1) is 0 Å². The predicted octanol–water partition coefficient (Wildman–Crippen LogP) is 1.98. The first kappa shape index (κ1) is 15.4. The van der Waals surface area contributed by atoms with Gasteiger partial charge in [-0.3, -0.25) is 9.69 Å². The molecule has 0 bridgehead atoms. The summed E-state index contributed by atoms with van der Waals surface area (Å²) in [4.78, 5) is 13.4. The minimum Gasteiger partial charge on any atom is -0.389 e. The van der Waals surface area contributed by atoms with Crippen LogP contribution in [0.25, 0.3) is 0 Å². The number of hydrogen-bond donors (Lipinski definition) is 2. The number of likely N-dealkylation sites (tertiary alicyclic amines) is 1. The van der Waals surface area contributed by atoms with Gasteiger partial charge in [-0.05, 0) is 37.0 Å². The molecule has 1 aliphatic carbocycles. The SMILES string of the molecule is NC(=O)CN1CC[C@@]2(O)CCCC[C@H]2[C@@H]1c1ccc(F)cc1. The van der Waals surface area contributed by atoms with Gasteiger partial charge in [-0.2, -0.15) is 0 Å². The number of halogens is 1. The van der Waals surface area contributed by atoms with Crippen molar-refractivity contribution in [3.63, 3.8) is 0 Å². The van der Waals surface area contributed by atoms with E-state index in [0.717, 1.165) is 31.2 Å². The molecule has 3 N–H and O–H groups in total. The Morgan fingerprint density at radius 3 is 2.73 bits per heavy atom. The van der Waals surface area contributed by atoms with E-state index in [-0.39, 0.29) is 30.2 Å². The Hall–Kier alpha value is -1.46. The first-order chi connectivity index (χ1) is 10.5. The average molecular weight is 306 g/mol. The third-order valence-electron chi connectivity index (χ3n) is 5.24. The van der Waals surface area contributed by atoms with E-state index >= 15 is 0 Å². The fourth-order valence-corrected chi connectivity index (χ4v) is 4.22.